The molecule has 0 radical (unpaired) electrons. The number of oxime groups is 1. The molecule has 3 heterocycles. The minimum Gasteiger partial charge on any atom is -0.392 e. The molecule has 0 bridgehead atoms. The van der Waals surface area contributed by atoms with Gasteiger partial charge in [0.1, 0.15) is 6.10 Å². The molecule has 1 aromatic heterocycles. The quantitative estimate of drug-likeness (QED) is 0.670. The highest BCUT2D eigenvalue weighted by Crippen LogP contribution is 2.26. The number of nitrogens with zero attached hydrogens (tertiary/aromatic N) is 2. The average molecular weight is 405 g/mol. The molecular formula is C20H21ClN2O3S. The molecule has 2 aliphatic heterocycles. The molecule has 2 aromatic rings. The highest BCUT2D eigenvalue weighted by atomic mass is 35.5. The molecule has 0 N–H and O–H groups in total. The van der Waals surface area contributed by atoms with Crippen LogP contribution < -0.4 is 4.90 Å². The molecule has 0 saturated carbocycles. The molecule has 142 valence electrons. The number of hydrogen-bond acceptors (Lipinski definition) is 6. The molecule has 1 fully saturated rings. The maximum Gasteiger partial charge on any atom is 0.172 e. The molecule has 0 aliphatic carbocycles. The Morgan fingerprint density at radius 3 is 2.67 bits per heavy atom. The van der Waals surface area contributed by atoms with Crippen molar-refractivity contribution in [2.75, 3.05) is 31.2 Å². The van der Waals surface area contributed by atoms with E-state index in [9.17, 15) is 4.79 Å². The SMILES string of the molecule is O=C(CCC1CC(c2ccc(N3CCOCC3)cc2)=NO1)c1ccc(Cl)s1. The lowest BCUT2D eigenvalue weighted by Crippen LogP contribution is -2.36. The Labute approximate surface area is 167 Å². The summed E-state index contributed by atoms with van der Waals surface area (Å²) in [7, 11) is 0. The molecule has 4 rings (SSSR count). The van der Waals surface area contributed by atoms with E-state index >= 15 is 0 Å². The Kier molecular flexibility index (Phi) is 5.76. The van der Waals surface area contributed by atoms with Crippen LogP contribution in [0.3, 0.4) is 0 Å². The fourth-order valence-electron chi connectivity index (χ4n) is 3.32. The highest BCUT2D eigenvalue weighted by Gasteiger charge is 2.23. The predicted molar refractivity (Wildman–Crippen MR) is 108 cm³/mol. The van der Waals surface area contributed by atoms with Gasteiger partial charge in [-0.1, -0.05) is 28.9 Å². The molecule has 1 atom stereocenters. The van der Waals surface area contributed by atoms with E-state index in [1.165, 1.54) is 17.0 Å². The number of hydrogen-bond donors (Lipinski definition) is 0. The monoisotopic (exact) mass is 404 g/mol. The lowest BCUT2D eigenvalue weighted by atomic mass is 10.0. The summed E-state index contributed by atoms with van der Waals surface area (Å²) < 4.78 is 6.04. The first kappa shape index (κ1) is 18.5. The molecule has 7 heteroatoms. The Morgan fingerprint density at radius 1 is 1.19 bits per heavy atom. The maximum atomic E-state index is 12.2. The molecule has 1 saturated heterocycles. The third kappa shape index (κ3) is 4.51. The zero-order chi connectivity index (χ0) is 18.6. The summed E-state index contributed by atoms with van der Waals surface area (Å²) in [5, 5.41) is 4.24. The van der Waals surface area contributed by atoms with E-state index in [0.29, 0.717) is 22.1 Å². The number of halogens is 1. The van der Waals surface area contributed by atoms with Gasteiger partial charge in [0.2, 0.25) is 0 Å². The third-order valence-corrected chi connectivity index (χ3v) is 6.12. The van der Waals surface area contributed by atoms with E-state index in [0.717, 1.165) is 44.0 Å². The first-order chi connectivity index (χ1) is 13.2. The Hall–Kier alpha value is -1.89. The van der Waals surface area contributed by atoms with Gasteiger partial charge in [0.25, 0.3) is 0 Å². The van der Waals surface area contributed by atoms with Crippen LogP contribution in [0.5, 0.6) is 0 Å². The van der Waals surface area contributed by atoms with E-state index in [4.69, 9.17) is 21.2 Å². The van der Waals surface area contributed by atoms with Crippen molar-refractivity contribution in [3.05, 3.63) is 51.2 Å². The first-order valence-corrected chi connectivity index (χ1v) is 10.3. The topological polar surface area (TPSA) is 51.1 Å². The number of morpholine rings is 1. The zero-order valence-electron chi connectivity index (χ0n) is 14.9. The van der Waals surface area contributed by atoms with E-state index < -0.39 is 0 Å². The lowest BCUT2D eigenvalue weighted by Gasteiger charge is -2.28. The van der Waals surface area contributed by atoms with Crippen LogP contribution in [-0.4, -0.2) is 43.9 Å². The Bertz CT molecular complexity index is 828. The summed E-state index contributed by atoms with van der Waals surface area (Å²) in [6.45, 7) is 3.41. The van der Waals surface area contributed by atoms with Crippen LogP contribution in [-0.2, 0) is 9.57 Å². The summed E-state index contributed by atoms with van der Waals surface area (Å²) >= 11 is 7.22. The van der Waals surface area contributed by atoms with Crippen LogP contribution in [0, 0.1) is 0 Å². The van der Waals surface area contributed by atoms with Crippen molar-refractivity contribution in [3.63, 3.8) is 0 Å². The second kappa shape index (κ2) is 8.42. The van der Waals surface area contributed by atoms with Crippen LogP contribution in [0.2, 0.25) is 4.34 Å². The van der Waals surface area contributed by atoms with Crippen molar-refractivity contribution in [1.29, 1.82) is 0 Å². The minimum atomic E-state index is -0.0432. The highest BCUT2D eigenvalue weighted by molar-refractivity contribution is 7.18. The Balaban J connectivity index is 1.29. The van der Waals surface area contributed by atoms with Crippen molar-refractivity contribution < 1.29 is 14.4 Å². The lowest BCUT2D eigenvalue weighted by molar-refractivity contribution is 0.0720. The zero-order valence-corrected chi connectivity index (χ0v) is 16.5. The van der Waals surface area contributed by atoms with Gasteiger partial charge in [-0.3, -0.25) is 4.79 Å². The fraction of sp³-hybridized carbons (Fsp3) is 0.400. The molecule has 0 spiro atoms. The number of ketones is 1. The van der Waals surface area contributed by atoms with E-state index in [1.807, 2.05) is 0 Å². The standard InChI is InChI=1S/C20H21ClN2O3S/c21-20-8-7-19(27-20)18(24)6-5-16-13-17(22-26-16)14-1-3-15(4-2-14)23-9-11-25-12-10-23/h1-4,7-8,16H,5-6,9-13H2. The predicted octanol–water partition coefficient (Wildman–Crippen LogP) is 4.39. The van der Waals surface area contributed by atoms with Gasteiger partial charge in [-0.25, -0.2) is 0 Å². The summed E-state index contributed by atoms with van der Waals surface area (Å²) in [6.07, 6.45) is 1.79. The largest absolute Gasteiger partial charge is 0.392 e. The number of anilines is 1. The van der Waals surface area contributed by atoms with Crippen molar-refractivity contribution in [1.82, 2.24) is 0 Å². The van der Waals surface area contributed by atoms with Gasteiger partial charge >= 0.3 is 0 Å². The van der Waals surface area contributed by atoms with Crippen LogP contribution in [0.15, 0.2) is 41.6 Å². The average Bonchev–Trinajstić information content (AvgIpc) is 3.36. The first-order valence-electron chi connectivity index (χ1n) is 9.13. The third-order valence-electron chi connectivity index (χ3n) is 4.85. The van der Waals surface area contributed by atoms with Gasteiger partial charge in [-0.05, 0) is 36.2 Å². The summed E-state index contributed by atoms with van der Waals surface area (Å²) in [6, 6.07) is 12.0. The molecule has 2 aliphatic rings. The van der Waals surface area contributed by atoms with Crippen LogP contribution in [0.25, 0.3) is 0 Å². The number of thiophene rings is 1. The number of carbonyl (C=O) groups excluding carboxylic acids is 1. The normalized spacial score (nSPS) is 19.7. The van der Waals surface area contributed by atoms with E-state index in [-0.39, 0.29) is 11.9 Å². The van der Waals surface area contributed by atoms with Gasteiger partial charge in [0.15, 0.2) is 5.78 Å². The van der Waals surface area contributed by atoms with Gasteiger partial charge in [0, 0.05) is 31.6 Å². The van der Waals surface area contributed by atoms with Crippen LogP contribution >= 0.6 is 22.9 Å². The molecule has 1 unspecified atom stereocenters. The van der Waals surface area contributed by atoms with E-state index in [2.05, 4.69) is 34.3 Å². The summed E-state index contributed by atoms with van der Waals surface area (Å²) in [5.74, 6) is 0.110. The van der Waals surface area contributed by atoms with Crippen molar-refractivity contribution in [2.45, 2.75) is 25.4 Å². The van der Waals surface area contributed by atoms with Gasteiger partial charge < -0.3 is 14.5 Å². The van der Waals surface area contributed by atoms with Gasteiger partial charge in [0.05, 0.1) is 28.1 Å². The number of Topliss-reactive ketones (excluding diaryl/α,β-unsaturated/α-hetero) is 1. The molecule has 5 nitrogen and oxygen atoms in total. The van der Waals surface area contributed by atoms with Crippen LogP contribution in [0.4, 0.5) is 5.69 Å². The number of carbonyl (C=O) groups is 1. The number of rotatable bonds is 6. The smallest absolute Gasteiger partial charge is 0.172 e. The molecule has 1 aromatic carbocycles. The van der Waals surface area contributed by atoms with Crippen molar-refractivity contribution >= 4 is 40.1 Å². The minimum absolute atomic E-state index is 0.0432. The molecule has 0 amide bonds. The maximum absolute atomic E-state index is 12.2. The van der Waals surface area contributed by atoms with E-state index in [1.54, 1.807) is 12.1 Å². The Morgan fingerprint density at radius 2 is 1.96 bits per heavy atom. The van der Waals surface area contributed by atoms with Crippen LogP contribution in [0.1, 0.15) is 34.5 Å². The number of ether oxygens (including phenoxy) is 1. The summed E-state index contributed by atoms with van der Waals surface area (Å²) in [5.41, 5.74) is 3.23. The number of benzene rings is 1. The molecular weight excluding hydrogens is 384 g/mol. The van der Waals surface area contributed by atoms with Crippen molar-refractivity contribution in [3.8, 4) is 0 Å². The summed E-state index contributed by atoms with van der Waals surface area (Å²) in [4.78, 5) is 20.8. The molecule has 27 heavy (non-hydrogen) atoms. The van der Waals surface area contributed by atoms with Gasteiger partial charge in [-0.2, -0.15) is 0 Å². The van der Waals surface area contributed by atoms with Crippen molar-refractivity contribution in [2.24, 2.45) is 5.16 Å². The second-order valence-electron chi connectivity index (χ2n) is 6.68. The van der Waals surface area contributed by atoms with Gasteiger partial charge in [-0.15, -0.1) is 11.3 Å². The fourth-order valence-corrected chi connectivity index (χ4v) is 4.33. The second-order valence-corrected chi connectivity index (χ2v) is 8.40.